The van der Waals surface area contributed by atoms with Crippen LogP contribution in [0.15, 0.2) is 12.1 Å². The topological polar surface area (TPSA) is 38.5 Å². The van der Waals surface area contributed by atoms with Crippen LogP contribution < -0.4 is 10.5 Å². The predicted molar refractivity (Wildman–Crippen MR) is 81.3 cm³/mol. The molecule has 19 heavy (non-hydrogen) atoms. The molecular formula is C14H20Cl2N2O. The van der Waals surface area contributed by atoms with Crippen molar-refractivity contribution in [2.24, 2.45) is 0 Å². The highest BCUT2D eigenvalue weighted by Crippen LogP contribution is 2.32. The Kier molecular flexibility index (Phi) is 5.20. The van der Waals surface area contributed by atoms with Gasteiger partial charge in [0.25, 0.3) is 0 Å². The number of anilines is 1. The monoisotopic (exact) mass is 302 g/mol. The van der Waals surface area contributed by atoms with Gasteiger partial charge in [0, 0.05) is 12.1 Å². The zero-order valence-electron chi connectivity index (χ0n) is 11.2. The Bertz CT molecular complexity index is 440. The third kappa shape index (κ3) is 3.91. The van der Waals surface area contributed by atoms with Crippen LogP contribution in [0.5, 0.6) is 5.75 Å². The molecule has 2 N–H and O–H groups in total. The van der Waals surface area contributed by atoms with E-state index in [1.165, 1.54) is 25.8 Å². The molecule has 1 unspecified atom stereocenters. The number of piperidine rings is 1. The minimum absolute atomic E-state index is 0.457. The van der Waals surface area contributed by atoms with Gasteiger partial charge in [0.15, 0.2) is 0 Å². The maximum absolute atomic E-state index is 5.96. The van der Waals surface area contributed by atoms with Crippen molar-refractivity contribution in [3.63, 3.8) is 0 Å². The van der Waals surface area contributed by atoms with Gasteiger partial charge in [0.05, 0.1) is 22.3 Å². The van der Waals surface area contributed by atoms with E-state index < -0.39 is 0 Å². The van der Waals surface area contributed by atoms with Gasteiger partial charge in [0.1, 0.15) is 5.75 Å². The molecule has 1 fully saturated rings. The maximum atomic E-state index is 5.96. The highest BCUT2D eigenvalue weighted by atomic mass is 35.5. The number of nitrogens with zero attached hydrogens (tertiary/aromatic N) is 1. The van der Waals surface area contributed by atoms with Crippen LogP contribution in [-0.4, -0.2) is 31.1 Å². The fraction of sp³-hybridized carbons (Fsp3) is 0.571. The van der Waals surface area contributed by atoms with Gasteiger partial charge in [-0.05, 0) is 38.9 Å². The molecule has 0 aliphatic carbocycles. The number of nitrogens with two attached hydrogens (primary N) is 1. The van der Waals surface area contributed by atoms with Crippen molar-refractivity contribution in [2.45, 2.75) is 31.7 Å². The molecule has 1 aromatic rings. The minimum atomic E-state index is 0.457. The van der Waals surface area contributed by atoms with E-state index in [9.17, 15) is 0 Å². The molecule has 0 spiro atoms. The van der Waals surface area contributed by atoms with Gasteiger partial charge in [-0.1, -0.05) is 29.6 Å². The lowest BCUT2D eigenvalue weighted by Gasteiger charge is -2.32. The van der Waals surface area contributed by atoms with Crippen molar-refractivity contribution in [2.75, 3.05) is 25.9 Å². The maximum Gasteiger partial charge on any atom is 0.143 e. The SMILES string of the molecule is CN1CCCCC1CCOc1cc(Cl)c(Cl)cc1N. The first-order valence-corrected chi connectivity index (χ1v) is 7.41. The molecule has 1 aliphatic rings. The second-order valence-corrected chi connectivity index (χ2v) is 5.89. The Labute approximate surface area is 124 Å². The third-order valence-corrected chi connectivity index (χ3v) is 4.41. The Hall–Kier alpha value is -0.640. The van der Waals surface area contributed by atoms with Crippen LogP contribution in [0.25, 0.3) is 0 Å². The van der Waals surface area contributed by atoms with Gasteiger partial charge in [-0.15, -0.1) is 0 Å². The van der Waals surface area contributed by atoms with Gasteiger partial charge in [-0.2, -0.15) is 0 Å². The molecule has 0 bridgehead atoms. The molecule has 106 valence electrons. The number of hydrogen-bond donors (Lipinski definition) is 1. The quantitative estimate of drug-likeness (QED) is 0.859. The molecule has 2 rings (SSSR count). The van der Waals surface area contributed by atoms with Crippen molar-refractivity contribution in [3.8, 4) is 5.75 Å². The molecule has 3 nitrogen and oxygen atoms in total. The van der Waals surface area contributed by atoms with Crippen LogP contribution >= 0.6 is 23.2 Å². The molecule has 1 aliphatic heterocycles. The number of rotatable bonds is 4. The van der Waals surface area contributed by atoms with Gasteiger partial charge >= 0.3 is 0 Å². The van der Waals surface area contributed by atoms with E-state index >= 15 is 0 Å². The summed E-state index contributed by atoms with van der Waals surface area (Å²) in [5, 5.41) is 0.930. The molecule has 0 radical (unpaired) electrons. The van der Waals surface area contributed by atoms with E-state index in [2.05, 4.69) is 11.9 Å². The number of halogens is 2. The molecule has 0 saturated carbocycles. The van der Waals surface area contributed by atoms with E-state index in [4.69, 9.17) is 33.7 Å². The van der Waals surface area contributed by atoms with Gasteiger partial charge in [-0.25, -0.2) is 0 Å². The molecule has 1 heterocycles. The Morgan fingerprint density at radius 1 is 1.32 bits per heavy atom. The molecule has 5 heteroatoms. The second-order valence-electron chi connectivity index (χ2n) is 5.07. The van der Waals surface area contributed by atoms with E-state index in [0.29, 0.717) is 34.1 Å². The van der Waals surface area contributed by atoms with E-state index in [0.717, 1.165) is 6.42 Å². The standard InChI is InChI=1S/C14H20Cl2N2O/c1-18-6-3-2-4-10(18)5-7-19-14-9-12(16)11(15)8-13(14)17/h8-10H,2-7,17H2,1H3. The number of likely N-dealkylation sites (tertiary alicyclic amines) is 1. The number of nitrogen functional groups attached to an aromatic ring is 1. The molecule has 0 amide bonds. The minimum Gasteiger partial charge on any atom is -0.491 e. The van der Waals surface area contributed by atoms with Gasteiger partial charge < -0.3 is 15.4 Å². The summed E-state index contributed by atoms with van der Waals surface area (Å²) < 4.78 is 5.73. The summed E-state index contributed by atoms with van der Waals surface area (Å²) in [5.41, 5.74) is 6.39. The smallest absolute Gasteiger partial charge is 0.143 e. The molecule has 1 atom stereocenters. The first-order valence-electron chi connectivity index (χ1n) is 6.65. The summed E-state index contributed by atoms with van der Waals surface area (Å²) >= 11 is 11.8. The summed E-state index contributed by atoms with van der Waals surface area (Å²) in [6.45, 7) is 1.83. The Balaban J connectivity index is 1.87. The highest BCUT2D eigenvalue weighted by Gasteiger charge is 2.18. The zero-order valence-corrected chi connectivity index (χ0v) is 12.7. The van der Waals surface area contributed by atoms with Gasteiger partial charge in [-0.3, -0.25) is 0 Å². The molecule has 1 aromatic carbocycles. The van der Waals surface area contributed by atoms with Crippen LogP contribution in [0.1, 0.15) is 25.7 Å². The average molecular weight is 303 g/mol. The van der Waals surface area contributed by atoms with Crippen molar-refractivity contribution in [1.29, 1.82) is 0 Å². The van der Waals surface area contributed by atoms with Crippen molar-refractivity contribution < 1.29 is 4.74 Å². The number of benzene rings is 1. The van der Waals surface area contributed by atoms with Crippen LogP contribution in [0.3, 0.4) is 0 Å². The lowest BCUT2D eigenvalue weighted by atomic mass is 10.0. The van der Waals surface area contributed by atoms with Gasteiger partial charge in [0.2, 0.25) is 0 Å². The summed E-state index contributed by atoms with van der Waals surface area (Å²) in [6.07, 6.45) is 4.87. The largest absolute Gasteiger partial charge is 0.491 e. The fourth-order valence-electron chi connectivity index (χ4n) is 2.48. The summed E-state index contributed by atoms with van der Waals surface area (Å²) in [7, 11) is 2.18. The highest BCUT2D eigenvalue weighted by molar-refractivity contribution is 6.42. The van der Waals surface area contributed by atoms with E-state index in [1.807, 2.05) is 0 Å². The fourth-order valence-corrected chi connectivity index (χ4v) is 2.81. The molecular weight excluding hydrogens is 283 g/mol. The third-order valence-electron chi connectivity index (χ3n) is 3.68. The molecule has 1 saturated heterocycles. The summed E-state index contributed by atoms with van der Waals surface area (Å²) in [6, 6.07) is 3.92. The number of hydrogen-bond acceptors (Lipinski definition) is 3. The Morgan fingerprint density at radius 2 is 2.05 bits per heavy atom. The van der Waals surface area contributed by atoms with E-state index in [-0.39, 0.29) is 0 Å². The Morgan fingerprint density at radius 3 is 2.79 bits per heavy atom. The van der Waals surface area contributed by atoms with Crippen LogP contribution in [0.2, 0.25) is 10.0 Å². The first kappa shape index (κ1) is 14.8. The first-order chi connectivity index (χ1) is 9.08. The summed E-state index contributed by atoms with van der Waals surface area (Å²) in [4.78, 5) is 2.41. The normalized spacial score (nSPS) is 20.5. The van der Waals surface area contributed by atoms with Crippen molar-refractivity contribution in [3.05, 3.63) is 22.2 Å². The lowest BCUT2D eigenvalue weighted by molar-refractivity contribution is 0.153. The van der Waals surface area contributed by atoms with E-state index in [1.54, 1.807) is 12.1 Å². The predicted octanol–water partition coefficient (Wildman–Crippen LogP) is 3.83. The van der Waals surface area contributed by atoms with Crippen LogP contribution in [-0.2, 0) is 0 Å². The lowest BCUT2D eigenvalue weighted by Crippen LogP contribution is -2.37. The summed E-state index contributed by atoms with van der Waals surface area (Å²) in [5.74, 6) is 0.618. The second kappa shape index (κ2) is 6.69. The molecule has 0 aromatic heterocycles. The van der Waals surface area contributed by atoms with Crippen molar-refractivity contribution in [1.82, 2.24) is 4.90 Å². The average Bonchev–Trinajstić information content (AvgIpc) is 2.38. The zero-order chi connectivity index (χ0) is 13.8. The van der Waals surface area contributed by atoms with Crippen LogP contribution in [0.4, 0.5) is 5.69 Å². The van der Waals surface area contributed by atoms with Crippen molar-refractivity contribution >= 4 is 28.9 Å². The number of ether oxygens (including phenoxy) is 1. The van der Waals surface area contributed by atoms with Crippen LogP contribution in [0, 0.1) is 0 Å².